The lowest BCUT2D eigenvalue weighted by atomic mass is 10.2. The summed E-state index contributed by atoms with van der Waals surface area (Å²) in [6, 6.07) is 4.51. The van der Waals surface area contributed by atoms with Crippen molar-refractivity contribution in [3.8, 4) is 0 Å². The zero-order chi connectivity index (χ0) is 12.8. The molecular weight excluding hydrogens is 228 g/mol. The van der Waals surface area contributed by atoms with Crippen LogP contribution in [0, 0.1) is 0 Å². The van der Waals surface area contributed by atoms with Crippen LogP contribution >= 0.6 is 0 Å². The van der Waals surface area contributed by atoms with Crippen molar-refractivity contribution in [2.45, 2.75) is 32.4 Å². The number of aromatic nitrogens is 2. The number of rotatable bonds is 6. The summed E-state index contributed by atoms with van der Waals surface area (Å²) in [5, 5.41) is 11.8. The summed E-state index contributed by atoms with van der Waals surface area (Å²) in [4.78, 5) is 2.16. The molecule has 1 atom stereocenters. The summed E-state index contributed by atoms with van der Waals surface area (Å²) in [5.74, 6) is 0.921. The fourth-order valence-corrected chi connectivity index (χ4v) is 2.04. The van der Waals surface area contributed by atoms with E-state index in [0.29, 0.717) is 6.04 Å². The van der Waals surface area contributed by atoms with E-state index in [1.165, 1.54) is 0 Å². The highest BCUT2D eigenvalue weighted by Gasteiger charge is 2.21. The predicted molar refractivity (Wildman–Crippen MR) is 71.7 cm³/mol. The lowest BCUT2D eigenvalue weighted by Gasteiger charge is -2.23. The van der Waals surface area contributed by atoms with Gasteiger partial charge in [0.1, 0.15) is 0 Å². The first-order valence-corrected chi connectivity index (χ1v) is 6.65. The van der Waals surface area contributed by atoms with Crippen LogP contribution in [-0.2, 0) is 11.3 Å². The lowest BCUT2D eigenvalue weighted by Crippen LogP contribution is -2.32. The molecule has 2 rings (SSSR count). The van der Waals surface area contributed by atoms with Crippen LogP contribution in [-0.4, -0.2) is 43.0 Å². The second kappa shape index (κ2) is 6.66. The predicted octanol–water partition coefficient (Wildman–Crippen LogP) is 1.20. The molecule has 0 aliphatic carbocycles. The molecule has 0 bridgehead atoms. The molecule has 1 aromatic heterocycles. The van der Waals surface area contributed by atoms with Gasteiger partial charge in [-0.1, -0.05) is 6.92 Å². The van der Waals surface area contributed by atoms with Gasteiger partial charge in [-0.05, 0) is 31.5 Å². The Morgan fingerprint density at radius 1 is 1.44 bits per heavy atom. The fourth-order valence-electron chi connectivity index (χ4n) is 2.04. The molecule has 18 heavy (non-hydrogen) atoms. The van der Waals surface area contributed by atoms with E-state index in [4.69, 9.17) is 4.74 Å². The van der Waals surface area contributed by atoms with Gasteiger partial charge in [0.2, 0.25) is 0 Å². The minimum Gasteiger partial charge on any atom is -0.379 e. The van der Waals surface area contributed by atoms with Gasteiger partial charge >= 0.3 is 0 Å². The molecule has 1 N–H and O–H groups in total. The van der Waals surface area contributed by atoms with E-state index in [1.807, 2.05) is 12.1 Å². The van der Waals surface area contributed by atoms with E-state index in [2.05, 4.69) is 34.4 Å². The van der Waals surface area contributed by atoms with Crippen LogP contribution in [0.4, 0.5) is 5.82 Å². The molecule has 5 heteroatoms. The maximum atomic E-state index is 5.39. The SMILES string of the molecule is CCCNCc1ccc(N(C)C2CCOC2)nn1. The molecule has 0 aromatic carbocycles. The van der Waals surface area contributed by atoms with Crippen molar-refractivity contribution in [2.24, 2.45) is 0 Å². The summed E-state index contributed by atoms with van der Waals surface area (Å²) < 4.78 is 5.39. The Balaban J connectivity index is 1.89. The van der Waals surface area contributed by atoms with Crippen molar-refractivity contribution in [1.29, 1.82) is 0 Å². The molecule has 0 saturated carbocycles. The molecule has 100 valence electrons. The molecule has 0 radical (unpaired) electrons. The van der Waals surface area contributed by atoms with E-state index in [0.717, 1.165) is 50.7 Å². The molecule has 0 amide bonds. The van der Waals surface area contributed by atoms with Crippen molar-refractivity contribution in [1.82, 2.24) is 15.5 Å². The Morgan fingerprint density at radius 2 is 2.33 bits per heavy atom. The number of likely N-dealkylation sites (N-methyl/N-ethyl adjacent to an activating group) is 1. The normalized spacial score (nSPS) is 19.1. The average molecular weight is 250 g/mol. The summed E-state index contributed by atoms with van der Waals surface area (Å²) in [6.45, 7) is 5.60. The third-order valence-electron chi connectivity index (χ3n) is 3.25. The molecular formula is C13H22N4O. The van der Waals surface area contributed by atoms with Crippen LogP contribution < -0.4 is 10.2 Å². The first-order chi connectivity index (χ1) is 8.81. The van der Waals surface area contributed by atoms with Gasteiger partial charge in [0.05, 0.1) is 18.3 Å². The molecule has 0 spiro atoms. The third kappa shape index (κ3) is 3.40. The number of hydrogen-bond donors (Lipinski definition) is 1. The van der Waals surface area contributed by atoms with Gasteiger partial charge in [0.15, 0.2) is 5.82 Å². The maximum absolute atomic E-state index is 5.39. The van der Waals surface area contributed by atoms with Crippen molar-refractivity contribution >= 4 is 5.82 Å². The van der Waals surface area contributed by atoms with E-state index >= 15 is 0 Å². The highest BCUT2D eigenvalue weighted by Crippen LogP contribution is 2.17. The fraction of sp³-hybridized carbons (Fsp3) is 0.692. The third-order valence-corrected chi connectivity index (χ3v) is 3.25. The van der Waals surface area contributed by atoms with Crippen LogP contribution in [0.2, 0.25) is 0 Å². The molecule has 1 fully saturated rings. The second-order valence-electron chi connectivity index (χ2n) is 4.69. The average Bonchev–Trinajstić information content (AvgIpc) is 2.93. The van der Waals surface area contributed by atoms with Gasteiger partial charge in [-0.15, -0.1) is 5.10 Å². The number of ether oxygens (including phenoxy) is 1. The van der Waals surface area contributed by atoms with Crippen molar-refractivity contribution in [3.05, 3.63) is 17.8 Å². The summed E-state index contributed by atoms with van der Waals surface area (Å²) in [7, 11) is 2.05. The van der Waals surface area contributed by atoms with E-state index in [-0.39, 0.29) is 0 Å². The highest BCUT2D eigenvalue weighted by molar-refractivity contribution is 5.37. The highest BCUT2D eigenvalue weighted by atomic mass is 16.5. The van der Waals surface area contributed by atoms with E-state index in [9.17, 15) is 0 Å². The minimum absolute atomic E-state index is 0.434. The molecule has 1 aromatic rings. The van der Waals surface area contributed by atoms with Gasteiger partial charge in [0, 0.05) is 20.2 Å². The largest absolute Gasteiger partial charge is 0.379 e. The first-order valence-electron chi connectivity index (χ1n) is 6.65. The summed E-state index contributed by atoms with van der Waals surface area (Å²) in [5.41, 5.74) is 0.989. The summed E-state index contributed by atoms with van der Waals surface area (Å²) >= 11 is 0. The Labute approximate surface area is 109 Å². The second-order valence-corrected chi connectivity index (χ2v) is 4.69. The van der Waals surface area contributed by atoms with Crippen LogP contribution in [0.1, 0.15) is 25.5 Å². The monoisotopic (exact) mass is 250 g/mol. The zero-order valence-electron chi connectivity index (χ0n) is 11.2. The van der Waals surface area contributed by atoms with E-state index < -0.39 is 0 Å². The molecule has 2 heterocycles. The molecule has 5 nitrogen and oxygen atoms in total. The standard InChI is InChI=1S/C13H22N4O/c1-3-7-14-9-11-4-5-13(16-15-11)17(2)12-6-8-18-10-12/h4-5,12,14H,3,6-10H2,1-2H3. The lowest BCUT2D eigenvalue weighted by molar-refractivity contribution is 0.193. The topological polar surface area (TPSA) is 50.3 Å². The number of nitrogens with one attached hydrogen (secondary N) is 1. The van der Waals surface area contributed by atoms with Gasteiger partial charge in [-0.25, -0.2) is 0 Å². The van der Waals surface area contributed by atoms with Gasteiger partial charge < -0.3 is 15.0 Å². The number of hydrogen-bond acceptors (Lipinski definition) is 5. The molecule has 1 aliphatic rings. The smallest absolute Gasteiger partial charge is 0.151 e. The quantitative estimate of drug-likeness (QED) is 0.769. The minimum atomic E-state index is 0.434. The van der Waals surface area contributed by atoms with E-state index in [1.54, 1.807) is 0 Å². The maximum Gasteiger partial charge on any atom is 0.151 e. The van der Waals surface area contributed by atoms with Crippen molar-refractivity contribution in [2.75, 3.05) is 31.7 Å². The Bertz CT molecular complexity index is 349. The molecule has 1 aliphatic heterocycles. The van der Waals surface area contributed by atoms with Crippen LogP contribution in [0.15, 0.2) is 12.1 Å². The Morgan fingerprint density at radius 3 is 2.94 bits per heavy atom. The Kier molecular flexibility index (Phi) is 4.90. The molecule has 1 saturated heterocycles. The van der Waals surface area contributed by atoms with Crippen LogP contribution in [0.5, 0.6) is 0 Å². The number of nitrogens with zero attached hydrogens (tertiary/aromatic N) is 3. The van der Waals surface area contributed by atoms with Crippen molar-refractivity contribution in [3.63, 3.8) is 0 Å². The zero-order valence-corrected chi connectivity index (χ0v) is 11.2. The summed E-state index contributed by atoms with van der Waals surface area (Å²) in [6.07, 6.45) is 2.20. The van der Waals surface area contributed by atoms with Gasteiger partial charge in [0.25, 0.3) is 0 Å². The van der Waals surface area contributed by atoms with Crippen molar-refractivity contribution < 1.29 is 4.74 Å². The van der Waals surface area contributed by atoms with Gasteiger partial charge in [-0.2, -0.15) is 5.10 Å². The van der Waals surface area contributed by atoms with Gasteiger partial charge in [-0.3, -0.25) is 0 Å². The Hall–Kier alpha value is -1.20. The number of anilines is 1. The molecule has 1 unspecified atom stereocenters. The van der Waals surface area contributed by atoms with Crippen LogP contribution in [0.3, 0.4) is 0 Å². The first kappa shape index (κ1) is 13.2. The van der Waals surface area contributed by atoms with Crippen LogP contribution in [0.25, 0.3) is 0 Å².